The zero-order valence-corrected chi connectivity index (χ0v) is 23.3. The predicted molar refractivity (Wildman–Crippen MR) is 165 cm³/mol. The number of nitrogens with zero attached hydrogens (tertiary/aromatic N) is 2. The minimum atomic E-state index is -0.733. The topological polar surface area (TPSA) is 66.9 Å². The van der Waals surface area contributed by atoms with Gasteiger partial charge in [0.15, 0.2) is 0 Å². The van der Waals surface area contributed by atoms with Gasteiger partial charge in [-0.25, -0.2) is 14.6 Å². The first-order valence-electron chi connectivity index (χ1n) is 13.7. The number of para-hydroxylation sites is 2. The van der Waals surface area contributed by atoms with Crippen molar-refractivity contribution in [3.05, 3.63) is 143 Å². The van der Waals surface area contributed by atoms with Gasteiger partial charge in [-0.15, -0.1) is 0 Å². The molecule has 0 aliphatic carbocycles. The van der Waals surface area contributed by atoms with Crippen LogP contribution in [0, 0.1) is 13.8 Å². The van der Waals surface area contributed by atoms with Crippen LogP contribution in [0.15, 0.2) is 121 Å². The number of hydrogen-bond acceptors (Lipinski definition) is 4. The van der Waals surface area contributed by atoms with Crippen molar-refractivity contribution in [2.24, 2.45) is 0 Å². The number of amides is 4. The Bertz CT molecular complexity index is 1800. The molecular formula is C36H28N2O4. The summed E-state index contributed by atoms with van der Waals surface area (Å²) in [6, 6.07) is 34.2. The summed E-state index contributed by atoms with van der Waals surface area (Å²) in [6.45, 7) is 4.43. The van der Waals surface area contributed by atoms with Gasteiger partial charge in [0.25, 0.3) is 11.8 Å². The zero-order valence-electron chi connectivity index (χ0n) is 23.3. The maximum atomic E-state index is 14.0. The lowest BCUT2D eigenvalue weighted by atomic mass is 9.99. The van der Waals surface area contributed by atoms with Gasteiger partial charge in [0.2, 0.25) is 0 Å². The third-order valence-corrected chi connectivity index (χ3v) is 7.46. The molecule has 206 valence electrons. The standard InChI is InChI=1S/C36H28N2O4/c1-24-17-18-26(21-25(24)2)23-42-33-20-19-27-11-9-10-16-30(27)31(33)22-32-34(39)37(28-12-5-3-6-13-28)36(41)38(35(32)40)29-14-7-4-8-15-29/h3-22H,23H2,1-2H3. The number of barbiturate groups is 1. The number of anilines is 2. The van der Waals surface area contributed by atoms with Gasteiger partial charge in [0, 0.05) is 5.56 Å². The molecule has 6 rings (SSSR count). The van der Waals surface area contributed by atoms with Crippen LogP contribution in [0.25, 0.3) is 16.8 Å². The Morgan fingerprint density at radius 2 is 1.24 bits per heavy atom. The zero-order chi connectivity index (χ0) is 29.2. The number of carbonyl (C=O) groups is 3. The summed E-state index contributed by atoms with van der Waals surface area (Å²) in [5.41, 5.74) is 4.56. The lowest BCUT2D eigenvalue weighted by molar-refractivity contribution is -0.121. The van der Waals surface area contributed by atoms with Gasteiger partial charge in [-0.05, 0) is 77.7 Å². The summed E-state index contributed by atoms with van der Waals surface area (Å²) >= 11 is 0. The summed E-state index contributed by atoms with van der Waals surface area (Å²) in [5.74, 6) is -0.873. The van der Waals surface area contributed by atoms with Crippen molar-refractivity contribution in [1.82, 2.24) is 0 Å². The van der Waals surface area contributed by atoms with Gasteiger partial charge < -0.3 is 4.74 Å². The molecule has 6 nitrogen and oxygen atoms in total. The summed E-state index contributed by atoms with van der Waals surface area (Å²) in [6.07, 6.45) is 1.56. The fourth-order valence-corrected chi connectivity index (χ4v) is 5.09. The third-order valence-electron chi connectivity index (χ3n) is 7.46. The maximum absolute atomic E-state index is 14.0. The summed E-state index contributed by atoms with van der Waals surface area (Å²) in [4.78, 5) is 43.7. The molecule has 0 unspecified atom stereocenters. The number of fused-ring (bicyclic) bond motifs is 1. The van der Waals surface area contributed by atoms with E-state index in [2.05, 4.69) is 26.0 Å². The summed E-state index contributed by atoms with van der Waals surface area (Å²) in [7, 11) is 0. The van der Waals surface area contributed by atoms with Gasteiger partial charge in [-0.2, -0.15) is 0 Å². The highest BCUT2D eigenvalue weighted by Gasteiger charge is 2.43. The molecule has 0 saturated carbocycles. The van der Waals surface area contributed by atoms with Crippen LogP contribution in [0.1, 0.15) is 22.3 Å². The normalized spacial score (nSPS) is 13.6. The van der Waals surface area contributed by atoms with Crippen LogP contribution in [0.5, 0.6) is 5.75 Å². The molecule has 1 fully saturated rings. The Kier molecular flexibility index (Phi) is 7.11. The fraction of sp³-hybridized carbons (Fsp3) is 0.0833. The second-order valence-corrected chi connectivity index (χ2v) is 10.2. The van der Waals surface area contributed by atoms with Gasteiger partial charge in [-0.3, -0.25) is 9.59 Å². The van der Waals surface area contributed by atoms with E-state index in [1.807, 2.05) is 42.5 Å². The van der Waals surface area contributed by atoms with Crippen LogP contribution in [-0.4, -0.2) is 17.8 Å². The van der Waals surface area contributed by atoms with Crippen molar-refractivity contribution in [2.45, 2.75) is 20.5 Å². The molecule has 1 saturated heterocycles. The van der Waals surface area contributed by atoms with Crippen molar-refractivity contribution in [3.63, 3.8) is 0 Å². The maximum Gasteiger partial charge on any atom is 0.343 e. The number of benzene rings is 5. The summed E-state index contributed by atoms with van der Waals surface area (Å²) in [5, 5.41) is 1.74. The SMILES string of the molecule is Cc1ccc(COc2ccc3ccccc3c2C=C2C(=O)N(c3ccccc3)C(=O)N(c3ccccc3)C2=O)cc1C. The van der Waals surface area contributed by atoms with Crippen molar-refractivity contribution in [2.75, 3.05) is 9.80 Å². The summed E-state index contributed by atoms with van der Waals surface area (Å²) < 4.78 is 6.32. The van der Waals surface area contributed by atoms with Gasteiger partial charge in [-0.1, -0.05) is 84.9 Å². The average molecular weight is 553 g/mol. The van der Waals surface area contributed by atoms with E-state index >= 15 is 0 Å². The van der Waals surface area contributed by atoms with E-state index in [1.165, 1.54) is 11.1 Å². The van der Waals surface area contributed by atoms with E-state index in [1.54, 1.807) is 66.7 Å². The number of carbonyl (C=O) groups excluding carboxylic acids is 3. The fourth-order valence-electron chi connectivity index (χ4n) is 5.09. The Hall–Kier alpha value is -5.49. The van der Waals surface area contributed by atoms with Crippen molar-refractivity contribution >= 4 is 46.1 Å². The number of ether oxygens (including phenoxy) is 1. The van der Waals surface area contributed by atoms with E-state index in [4.69, 9.17) is 4.74 Å². The molecular weight excluding hydrogens is 524 g/mol. The molecule has 1 heterocycles. The number of hydrogen-bond donors (Lipinski definition) is 0. The van der Waals surface area contributed by atoms with Gasteiger partial charge in [0.1, 0.15) is 17.9 Å². The van der Waals surface area contributed by atoms with E-state index in [0.717, 1.165) is 26.1 Å². The highest BCUT2D eigenvalue weighted by Crippen LogP contribution is 2.34. The number of aryl methyl sites for hydroxylation is 2. The smallest absolute Gasteiger partial charge is 0.343 e. The lowest BCUT2D eigenvalue weighted by Gasteiger charge is -2.34. The second kappa shape index (κ2) is 11.2. The monoisotopic (exact) mass is 552 g/mol. The molecule has 0 aromatic heterocycles. The van der Waals surface area contributed by atoms with E-state index < -0.39 is 17.8 Å². The first kappa shape index (κ1) is 26.7. The molecule has 5 aromatic rings. The molecule has 0 bridgehead atoms. The Morgan fingerprint density at radius 3 is 1.86 bits per heavy atom. The molecule has 0 radical (unpaired) electrons. The molecule has 6 heteroatoms. The van der Waals surface area contributed by atoms with E-state index in [9.17, 15) is 14.4 Å². The minimum Gasteiger partial charge on any atom is -0.488 e. The minimum absolute atomic E-state index is 0.144. The van der Waals surface area contributed by atoms with Crippen LogP contribution in [0.4, 0.5) is 16.2 Å². The molecule has 0 atom stereocenters. The second-order valence-electron chi connectivity index (χ2n) is 10.2. The third kappa shape index (κ3) is 4.95. The lowest BCUT2D eigenvalue weighted by Crippen LogP contribution is -2.57. The van der Waals surface area contributed by atoms with Gasteiger partial charge >= 0.3 is 6.03 Å². The number of rotatable bonds is 6. The first-order chi connectivity index (χ1) is 20.4. The average Bonchev–Trinajstić information content (AvgIpc) is 3.01. The Morgan fingerprint density at radius 1 is 0.643 bits per heavy atom. The molecule has 4 amide bonds. The van der Waals surface area contributed by atoms with Crippen molar-refractivity contribution in [3.8, 4) is 5.75 Å². The van der Waals surface area contributed by atoms with Crippen molar-refractivity contribution < 1.29 is 19.1 Å². The number of urea groups is 1. The van der Waals surface area contributed by atoms with Crippen LogP contribution >= 0.6 is 0 Å². The largest absolute Gasteiger partial charge is 0.488 e. The highest BCUT2D eigenvalue weighted by atomic mass is 16.5. The highest BCUT2D eigenvalue weighted by molar-refractivity contribution is 6.46. The van der Waals surface area contributed by atoms with Crippen LogP contribution < -0.4 is 14.5 Å². The Balaban J connectivity index is 1.49. The van der Waals surface area contributed by atoms with Crippen molar-refractivity contribution in [1.29, 1.82) is 0 Å². The van der Waals surface area contributed by atoms with Crippen LogP contribution in [-0.2, 0) is 16.2 Å². The van der Waals surface area contributed by atoms with Crippen LogP contribution in [0.3, 0.4) is 0 Å². The molecule has 5 aromatic carbocycles. The Labute approximate surface area is 244 Å². The molecule has 0 spiro atoms. The molecule has 0 N–H and O–H groups in total. The first-order valence-corrected chi connectivity index (χ1v) is 13.7. The predicted octanol–water partition coefficient (Wildman–Crippen LogP) is 7.62. The van der Waals surface area contributed by atoms with Crippen LogP contribution in [0.2, 0.25) is 0 Å². The molecule has 42 heavy (non-hydrogen) atoms. The van der Waals surface area contributed by atoms with E-state index in [0.29, 0.717) is 29.3 Å². The quantitative estimate of drug-likeness (QED) is 0.161. The van der Waals surface area contributed by atoms with E-state index in [-0.39, 0.29) is 5.57 Å². The van der Waals surface area contributed by atoms with Gasteiger partial charge in [0.05, 0.1) is 11.4 Å². The molecule has 1 aliphatic rings. The number of imide groups is 2. The molecule has 1 aliphatic heterocycles.